The lowest BCUT2D eigenvalue weighted by molar-refractivity contribution is -0.118. The molecule has 1 aromatic carbocycles. The van der Waals surface area contributed by atoms with Crippen LogP contribution < -0.4 is 4.90 Å². The van der Waals surface area contributed by atoms with Crippen LogP contribution in [-0.2, 0) is 19.4 Å². The topological polar surface area (TPSA) is 76.6 Å². The van der Waals surface area contributed by atoms with Crippen LogP contribution in [0.25, 0.3) is 11.3 Å². The number of hydrogen-bond acceptors (Lipinski definition) is 6. The number of rotatable bonds is 8. The Labute approximate surface area is 184 Å². The van der Waals surface area contributed by atoms with E-state index in [0.717, 1.165) is 18.2 Å². The van der Waals surface area contributed by atoms with E-state index in [-0.39, 0.29) is 24.2 Å². The Hall–Kier alpha value is -1.45. The Morgan fingerprint density at radius 3 is 2.86 bits per heavy atom. The largest absolute Gasteiger partial charge is 0.376 e. The number of amides is 1. The van der Waals surface area contributed by atoms with Crippen LogP contribution in [0.1, 0.15) is 19.3 Å². The van der Waals surface area contributed by atoms with E-state index in [0.29, 0.717) is 39.6 Å². The molecule has 0 radical (unpaired) electrons. The molecule has 10 heteroatoms. The van der Waals surface area contributed by atoms with E-state index in [9.17, 15) is 13.2 Å². The van der Waals surface area contributed by atoms with Crippen LogP contribution >= 0.6 is 34.5 Å². The fraction of sp³-hybridized carbons (Fsp3) is 0.368. The highest BCUT2D eigenvalue weighted by Gasteiger charge is 2.27. The summed E-state index contributed by atoms with van der Waals surface area (Å²) in [5.74, 6) is -0.618. The summed E-state index contributed by atoms with van der Waals surface area (Å²) in [6.07, 6.45) is 1.52. The van der Waals surface area contributed by atoms with Crippen molar-refractivity contribution >= 4 is 55.4 Å². The Bertz CT molecular complexity index is 1000. The number of thiazole rings is 1. The highest BCUT2D eigenvalue weighted by molar-refractivity contribution is 7.94. The van der Waals surface area contributed by atoms with Gasteiger partial charge in [-0.05, 0) is 31.0 Å². The molecule has 0 saturated carbocycles. The Kier molecular flexibility index (Phi) is 7.34. The molecule has 1 atom stereocenters. The normalized spacial score (nSPS) is 16.7. The second-order valence-corrected chi connectivity index (χ2v) is 10.3. The van der Waals surface area contributed by atoms with E-state index in [1.807, 2.05) is 0 Å². The first-order valence-electron chi connectivity index (χ1n) is 8.97. The molecule has 1 fully saturated rings. The second-order valence-electron chi connectivity index (χ2n) is 6.56. The van der Waals surface area contributed by atoms with Crippen molar-refractivity contribution in [2.45, 2.75) is 25.4 Å². The van der Waals surface area contributed by atoms with Crippen LogP contribution in [0.4, 0.5) is 5.13 Å². The van der Waals surface area contributed by atoms with Crippen LogP contribution in [-0.4, -0.2) is 44.3 Å². The predicted molar refractivity (Wildman–Crippen MR) is 117 cm³/mol. The fourth-order valence-electron chi connectivity index (χ4n) is 2.94. The van der Waals surface area contributed by atoms with Crippen molar-refractivity contribution in [3.05, 3.63) is 45.6 Å². The Morgan fingerprint density at radius 2 is 2.21 bits per heavy atom. The summed E-state index contributed by atoms with van der Waals surface area (Å²) in [4.78, 5) is 18.9. The van der Waals surface area contributed by atoms with Gasteiger partial charge in [0.1, 0.15) is 0 Å². The summed E-state index contributed by atoms with van der Waals surface area (Å²) in [7, 11) is -3.47. The van der Waals surface area contributed by atoms with Gasteiger partial charge in [-0.3, -0.25) is 9.69 Å². The zero-order valence-corrected chi connectivity index (χ0v) is 18.7. The summed E-state index contributed by atoms with van der Waals surface area (Å²) in [6, 6.07) is 5.12. The minimum absolute atomic E-state index is 0.0959. The van der Waals surface area contributed by atoms with Crippen molar-refractivity contribution in [2.24, 2.45) is 0 Å². The van der Waals surface area contributed by atoms with Crippen LogP contribution in [0.2, 0.25) is 10.0 Å². The first-order chi connectivity index (χ1) is 13.8. The third-order valence-electron chi connectivity index (χ3n) is 4.50. The number of sulfone groups is 1. The lowest BCUT2D eigenvalue weighted by Gasteiger charge is -2.23. The van der Waals surface area contributed by atoms with E-state index in [1.54, 1.807) is 23.6 Å². The van der Waals surface area contributed by atoms with E-state index < -0.39 is 9.84 Å². The predicted octanol–water partition coefficient (Wildman–Crippen LogP) is 4.58. The van der Waals surface area contributed by atoms with Gasteiger partial charge in [-0.1, -0.05) is 29.8 Å². The van der Waals surface area contributed by atoms with Gasteiger partial charge in [0, 0.05) is 34.4 Å². The maximum atomic E-state index is 12.8. The smallest absolute Gasteiger partial charge is 0.229 e. The zero-order valence-electron chi connectivity index (χ0n) is 15.5. The minimum Gasteiger partial charge on any atom is -0.376 e. The third kappa shape index (κ3) is 5.79. The monoisotopic (exact) mass is 474 g/mol. The van der Waals surface area contributed by atoms with Gasteiger partial charge in [0.15, 0.2) is 15.0 Å². The SMILES string of the molecule is C=CS(=O)(=O)CCC(=O)N(CC1CCCO1)c1nc(-c2ccc(Cl)cc2Cl)cs1. The standard InChI is InChI=1S/C19H20Cl2N2O4S2/c1-2-29(25,26)9-7-18(24)23(11-14-4-3-8-27-14)19-22-17(12-28-19)15-6-5-13(20)10-16(15)21/h2,5-6,10,12,14H,1,3-4,7-9,11H2. The van der Waals surface area contributed by atoms with Crippen LogP contribution in [0.3, 0.4) is 0 Å². The summed E-state index contributed by atoms with van der Waals surface area (Å²) in [6.45, 7) is 4.26. The second kappa shape index (κ2) is 9.57. The number of ether oxygens (including phenoxy) is 1. The Morgan fingerprint density at radius 1 is 1.41 bits per heavy atom. The van der Waals surface area contributed by atoms with Gasteiger partial charge in [-0.2, -0.15) is 0 Å². The van der Waals surface area contributed by atoms with Gasteiger partial charge in [-0.15, -0.1) is 11.3 Å². The quantitative estimate of drug-likeness (QED) is 0.559. The molecule has 2 aromatic rings. The summed E-state index contributed by atoms with van der Waals surface area (Å²) < 4.78 is 29.1. The van der Waals surface area contributed by atoms with Gasteiger partial charge < -0.3 is 4.74 Å². The number of nitrogens with zero attached hydrogens (tertiary/aromatic N) is 2. The molecule has 156 valence electrons. The summed E-state index contributed by atoms with van der Waals surface area (Å²) in [5, 5.41) is 4.13. The molecule has 1 aromatic heterocycles. The molecule has 1 unspecified atom stereocenters. The molecule has 1 aliphatic heterocycles. The lowest BCUT2D eigenvalue weighted by Crippen LogP contribution is -2.38. The highest BCUT2D eigenvalue weighted by Crippen LogP contribution is 2.34. The molecule has 29 heavy (non-hydrogen) atoms. The average molecular weight is 475 g/mol. The first kappa shape index (κ1) is 22.2. The lowest BCUT2D eigenvalue weighted by atomic mass is 10.2. The van der Waals surface area contributed by atoms with Crippen LogP contribution in [0.15, 0.2) is 35.6 Å². The van der Waals surface area contributed by atoms with E-state index in [4.69, 9.17) is 27.9 Å². The summed E-state index contributed by atoms with van der Waals surface area (Å²) >= 11 is 13.5. The van der Waals surface area contributed by atoms with Crippen molar-refractivity contribution in [3.63, 3.8) is 0 Å². The summed E-state index contributed by atoms with van der Waals surface area (Å²) in [5.41, 5.74) is 1.33. The average Bonchev–Trinajstić information content (AvgIpc) is 3.36. The fourth-order valence-corrected chi connectivity index (χ4v) is 4.92. The molecule has 1 amide bonds. The van der Waals surface area contributed by atoms with Gasteiger partial charge in [0.2, 0.25) is 5.91 Å². The van der Waals surface area contributed by atoms with Gasteiger partial charge in [-0.25, -0.2) is 13.4 Å². The Balaban J connectivity index is 1.84. The van der Waals surface area contributed by atoms with E-state index >= 15 is 0 Å². The van der Waals surface area contributed by atoms with Crippen molar-refractivity contribution in [1.29, 1.82) is 0 Å². The third-order valence-corrected chi connectivity index (χ3v) is 7.19. The minimum atomic E-state index is -3.47. The molecule has 0 N–H and O–H groups in total. The molecule has 3 rings (SSSR count). The van der Waals surface area contributed by atoms with Gasteiger partial charge in [0.05, 0.1) is 29.1 Å². The highest BCUT2D eigenvalue weighted by atomic mass is 35.5. The van der Waals surface area contributed by atoms with Crippen molar-refractivity contribution in [2.75, 3.05) is 23.8 Å². The first-order valence-corrected chi connectivity index (χ1v) is 12.3. The van der Waals surface area contributed by atoms with Crippen molar-refractivity contribution < 1.29 is 17.9 Å². The van der Waals surface area contributed by atoms with Crippen LogP contribution in [0.5, 0.6) is 0 Å². The number of hydrogen-bond donors (Lipinski definition) is 0. The molecule has 2 heterocycles. The van der Waals surface area contributed by atoms with Crippen LogP contribution in [0, 0.1) is 0 Å². The zero-order chi connectivity index (χ0) is 21.0. The van der Waals surface area contributed by atoms with E-state index in [1.165, 1.54) is 16.2 Å². The number of aromatic nitrogens is 1. The van der Waals surface area contributed by atoms with Crippen molar-refractivity contribution in [3.8, 4) is 11.3 Å². The molecule has 1 saturated heterocycles. The number of halogens is 2. The number of anilines is 1. The number of carbonyl (C=O) groups is 1. The molecule has 1 aliphatic rings. The molecule has 0 bridgehead atoms. The maximum Gasteiger partial charge on any atom is 0.229 e. The van der Waals surface area contributed by atoms with Gasteiger partial charge in [0.25, 0.3) is 0 Å². The maximum absolute atomic E-state index is 12.8. The molecular weight excluding hydrogens is 455 g/mol. The van der Waals surface area contributed by atoms with Gasteiger partial charge >= 0.3 is 0 Å². The molecular formula is C19H20Cl2N2O4S2. The van der Waals surface area contributed by atoms with Crippen molar-refractivity contribution in [1.82, 2.24) is 4.98 Å². The molecule has 6 nitrogen and oxygen atoms in total. The number of carbonyl (C=O) groups excluding carboxylic acids is 1. The molecule has 0 spiro atoms. The molecule has 0 aliphatic carbocycles. The number of benzene rings is 1. The van der Waals surface area contributed by atoms with E-state index in [2.05, 4.69) is 11.6 Å².